The highest BCUT2D eigenvalue weighted by Gasteiger charge is 2.13. The Morgan fingerprint density at radius 2 is 1.72 bits per heavy atom. The van der Waals surface area contributed by atoms with Crippen molar-refractivity contribution in [2.24, 2.45) is 0 Å². The van der Waals surface area contributed by atoms with E-state index in [2.05, 4.69) is 11.4 Å². The molecule has 0 fully saturated rings. The molecule has 0 unspecified atom stereocenters. The summed E-state index contributed by atoms with van der Waals surface area (Å²) < 4.78 is 11.7. The lowest BCUT2D eigenvalue weighted by molar-refractivity contribution is -0.115. The van der Waals surface area contributed by atoms with Crippen LogP contribution in [0.4, 0.5) is 5.69 Å². The minimum atomic E-state index is -0.106. The first-order valence-electron chi connectivity index (χ1n) is 9.13. The van der Waals surface area contributed by atoms with Crippen LogP contribution in [-0.4, -0.2) is 25.1 Å². The largest absolute Gasteiger partial charge is 0.493 e. The average Bonchev–Trinajstić information content (AvgIpc) is 3.18. The molecule has 0 aliphatic rings. The minimum absolute atomic E-state index is 0.106. The number of carbonyl (C=O) groups is 1. The number of nitrogens with one attached hydrogen (secondary N) is 1. The summed E-state index contributed by atoms with van der Waals surface area (Å²) in [6, 6.07) is 21.2. The molecular formula is C23H20N2O3S. The molecule has 0 saturated carbocycles. The third kappa shape index (κ3) is 4.07. The van der Waals surface area contributed by atoms with Gasteiger partial charge in [0.15, 0.2) is 11.5 Å². The Morgan fingerprint density at radius 1 is 0.966 bits per heavy atom. The number of hydrogen-bond donors (Lipinski definition) is 1. The van der Waals surface area contributed by atoms with Crippen molar-refractivity contribution < 1.29 is 14.3 Å². The number of methoxy groups -OCH3 is 2. The normalized spacial score (nSPS) is 10.7. The highest BCUT2D eigenvalue weighted by Crippen LogP contribution is 2.34. The second kappa shape index (κ2) is 8.32. The van der Waals surface area contributed by atoms with Crippen molar-refractivity contribution in [3.8, 4) is 22.1 Å². The second-order valence-electron chi connectivity index (χ2n) is 6.45. The van der Waals surface area contributed by atoms with Crippen LogP contribution in [-0.2, 0) is 11.2 Å². The van der Waals surface area contributed by atoms with E-state index in [0.29, 0.717) is 11.5 Å². The molecule has 3 aromatic carbocycles. The number of anilines is 1. The molecule has 0 bridgehead atoms. The first kappa shape index (κ1) is 19.0. The molecule has 1 N–H and O–H groups in total. The van der Waals surface area contributed by atoms with Crippen molar-refractivity contribution in [1.82, 2.24) is 4.98 Å². The lowest BCUT2D eigenvalue weighted by Gasteiger charge is -2.11. The average molecular weight is 404 g/mol. The van der Waals surface area contributed by atoms with Crippen LogP contribution in [0.2, 0.25) is 0 Å². The summed E-state index contributed by atoms with van der Waals surface area (Å²) in [5.41, 5.74) is 3.46. The predicted molar refractivity (Wildman–Crippen MR) is 117 cm³/mol. The van der Waals surface area contributed by atoms with Gasteiger partial charge in [0, 0.05) is 5.56 Å². The molecule has 146 valence electrons. The van der Waals surface area contributed by atoms with Crippen molar-refractivity contribution in [3.63, 3.8) is 0 Å². The monoisotopic (exact) mass is 404 g/mol. The van der Waals surface area contributed by atoms with Crippen LogP contribution in [0, 0.1) is 0 Å². The van der Waals surface area contributed by atoms with E-state index in [0.717, 1.165) is 32.0 Å². The van der Waals surface area contributed by atoms with Gasteiger partial charge in [-0.05, 0) is 42.0 Å². The lowest BCUT2D eigenvalue weighted by Crippen LogP contribution is -2.15. The Bertz CT molecular complexity index is 1140. The van der Waals surface area contributed by atoms with Gasteiger partial charge in [-0.25, -0.2) is 4.98 Å². The van der Waals surface area contributed by atoms with E-state index in [4.69, 9.17) is 14.5 Å². The first-order valence-corrected chi connectivity index (χ1v) is 9.95. The molecule has 0 radical (unpaired) electrons. The zero-order chi connectivity index (χ0) is 20.2. The van der Waals surface area contributed by atoms with E-state index in [9.17, 15) is 4.79 Å². The van der Waals surface area contributed by atoms with Gasteiger partial charge in [-0.2, -0.15) is 0 Å². The zero-order valence-electron chi connectivity index (χ0n) is 16.1. The Kier molecular flexibility index (Phi) is 5.44. The molecule has 0 aliphatic carbocycles. The number of aromatic nitrogens is 1. The maximum atomic E-state index is 12.7. The summed E-state index contributed by atoms with van der Waals surface area (Å²) in [4.78, 5) is 17.4. The quantitative estimate of drug-likeness (QED) is 0.482. The van der Waals surface area contributed by atoms with Crippen LogP contribution in [0.1, 0.15) is 5.56 Å². The first-order chi connectivity index (χ1) is 14.2. The van der Waals surface area contributed by atoms with E-state index < -0.39 is 0 Å². The molecular weight excluding hydrogens is 384 g/mol. The van der Waals surface area contributed by atoms with Gasteiger partial charge < -0.3 is 14.8 Å². The topological polar surface area (TPSA) is 60.5 Å². The van der Waals surface area contributed by atoms with Crippen molar-refractivity contribution in [2.45, 2.75) is 6.42 Å². The SMILES string of the molecule is COc1ccc(CC(=O)Nc2ccccc2-c2nc3ccccc3s2)cc1OC. The number of ether oxygens (including phenoxy) is 2. The molecule has 29 heavy (non-hydrogen) atoms. The number of fused-ring (bicyclic) bond motifs is 1. The molecule has 0 saturated heterocycles. The summed E-state index contributed by atoms with van der Waals surface area (Å²) in [5, 5.41) is 3.91. The van der Waals surface area contributed by atoms with Crippen molar-refractivity contribution >= 4 is 33.1 Å². The molecule has 0 atom stereocenters. The van der Waals surface area contributed by atoms with Crippen LogP contribution >= 0.6 is 11.3 Å². The molecule has 4 aromatic rings. The third-order valence-electron chi connectivity index (χ3n) is 4.54. The Morgan fingerprint density at radius 3 is 2.52 bits per heavy atom. The van der Waals surface area contributed by atoms with Gasteiger partial charge in [0.1, 0.15) is 5.01 Å². The van der Waals surface area contributed by atoms with Gasteiger partial charge >= 0.3 is 0 Å². The van der Waals surface area contributed by atoms with Gasteiger partial charge in [-0.1, -0.05) is 30.3 Å². The molecule has 1 amide bonds. The standard InChI is InChI=1S/C23H20N2O3S/c1-27-19-12-11-15(13-20(19)28-2)14-22(26)24-17-8-4-3-7-16(17)23-25-18-9-5-6-10-21(18)29-23/h3-13H,14H2,1-2H3,(H,24,26). The molecule has 1 heterocycles. The molecule has 6 heteroatoms. The number of amides is 1. The fourth-order valence-electron chi connectivity index (χ4n) is 3.14. The Hall–Kier alpha value is -3.38. The van der Waals surface area contributed by atoms with Crippen LogP contribution in [0.25, 0.3) is 20.8 Å². The number of rotatable bonds is 6. The maximum absolute atomic E-state index is 12.7. The number of benzene rings is 3. The fourth-order valence-corrected chi connectivity index (χ4v) is 4.14. The number of hydrogen-bond acceptors (Lipinski definition) is 5. The van der Waals surface area contributed by atoms with E-state index in [1.165, 1.54) is 0 Å². The summed E-state index contributed by atoms with van der Waals surface area (Å²) in [6.45, 7) is 0. The van der Waals surface area contributed by atoms with E-state index in [-0.39, 0.29) is 12.3 Å². The molecule has 4 rings (SSSR count). The Balaban J connectivity index is 1.56. The maximum Gasteiger partial charge on any atom is 0.228 e. The van der Waals surface area contributed by atoms with Gasteiger partial charge in [-0.3, -0.25) is 4.79 Å². The highest BCUT2D eigenvalue weighted by molar-refractivity contribution is 7.21. The lowest BCUT2D eigenvalue weighted by atomic mass is 10.1. The van der Waals surface area contributed by atoms with Gasteiger partial charge in [0.05, 0.1) is 36.5 Å². The summed E-state index contributed by atoms with van der Waals surface area (Å²) in [6.07, 6.45) is 0.231. The third-order valence-corrected chi connectivity index (χ3v) is 5.61. The van der Waals surface area contributed by atoms with Crippen LogP contribution in [0.3, 0.4) is 0 Å². The van der Waals surface area contributed by atoms with Crippen molar-refractivity contribution in [2.75, 3.05) is 19.5 Å². The molecule has 0 spiro atoms. The zero-order valence-corrected chi connectivity index (χ0v) is 17.0. The summed E-state index contributed by atoms with van der Waals surface area (Å²) in [7, 11) is 3.17. The minimum Gasteiger partial charge on any atom is -0.493 e. The molecule has 0 aliphatic heterocycles. The van der Waals surface area contributed by atoms with Crippen LogP contribution in [0.5, 0.6) is 11.5 Å². The Labute approximate surface area is 172 Å². The van der Waals surface area contributed by atoms with Gasteiger partial charge in [0.25, 0.3) is 0 Å². The van der Waals surface area contributed by atoms with E-state index in [1.54, 1.807) is 31.6 Å². The smallest absolute Gasteiger partial charge is 0.228 e. The highest BCUT2D eigenvalue weighted by atomic mass is 32.1. The summed E-state index contributed by atoms with van der Waals surface area (Å²) in [5.74, 6) is 1.14. The van der Waals surface area contributed by atoms with Crippen LogP contribution < -0.4 is 14.8 Å². The number of nitrogens with zero attached hydrogens (tertiary/aromatic N) is 1. The van der Waals surface area contributed by atoms with Crippen molar-refractivity contribution in [3.05, 3.63) is 72.3 Å². The predicted octanol–water partition coefficient (Wildman–Crippen LogP) is 5.16. The number of carbonyl (C=O) groups excluding carboxylic acids is 1. The second-order valence-corrected chi connectivity index (χ2v) is 7.48. The fraction of sp³-hybridized carbons (Fsp3) is 0.130. The molecule has 5 nitrogen and oxygen atoms in total. The van der Waals surface area contributed by atoms with E-state index in [1.807, 2.05) is 54.6 Å². The summed E-state index contributed by atoms with van der Waals surface area (Å²) >= 11 is 1.61. The van der Waals surface area contributed by atoms with Crippen LogP contribution in [0.15, 0.2) is 66.7 Å². The molecule has 1 aromatic heterocycles. The number of para-hydroxylation sites is 2. The van der Waals surface area contributed by atoms with Gasteiger partial charge in [-0.15, -0.1) is 11.3 Å². The van der Waals surface area contributed by atoms with E-state index >= 15 is 0 Å². The van der Waals surface area contributed by atoms with Crippen molar-refractivity contribution in [1.29, 1.82) is 0 Å². The number of thiazole rings is 1. The van der Waals surface area contributed by atoms with Gasteiger partial charge in [0.2, 0.25) is 5.91 Å².